The van der Waals surface area contributed by atoms with E-state index in [9.17, 15) is 0 Å². The maximum atomic E-state index is 6.00. The number of benzene rings is 1. The summed E-state index contributed by atoms with van der Waals surface area (Å²) < 4.78 is 6.00. The summed E-state index contributed by atoms with van der Waals surface area (Å²) in [6.45, 7) is 7.68. The van der Waals surface area contributed by atoms with Gasteiger partial charge in [0.15, 0.2) is 0 Å². The molecule has 110 valence electrons. The average molecular weight is 274 g/mol. The fourth-order valence-corrected chi connectivity index (χ4v) is 3.22. The van der Waals surface area contributed by atoms with Crippen molar-refractivity contribution < 1.29 is 4.74 Å². The average Bonchev–Trinajstić information content (AvgIpc) is 3.06. The van der Waals surface area contributed by atoms with Gasteiger partial charge in [-0.3, -0.25) is 0 Å². The van der Waals surface area contributed by atoms with E-state index in [-0.39, 0.29) is 5.60 Å². The van der Waals surface area contributed by atoms with Crippen LogP contribution in [0.1, 0.15) is 39.5 Å². The van der Waals surface area contributed by atoms with Gasteiger partial charge in [-0.1, -0.05) is 0 Å². The molecule has 3 nitrogen and oxygen atoms in total. The van der Waals surface area contributed by atoms with Gasteiger partial charge in [-0.25, -0.2) is 0 Å². The van der Waals surface area contributed by atoms with Crippen molar-refractivity contribution >= 4 is 11.4 Å². The van der Waals surface area contributed by atoms with E-state index in [0.717, 1.165) is 19.4 Å². The minimum atomic E-state index is 0.0615. The molecule has 0 bridgehead atoms. The fraction of sp³-hybridized carbons (Fsp3) is 0.647. The van der Waals surface area contributed by atoms with E-state index in [0.29, 0.717) is 6.10 Å². The summed E-state index contributed by atoms with van der Waals surface area (Å²) in [5, 5.41) is 3.50. The van der Waals surface area contributed by atoms with Crippen molar-refractivity contribution in [1.29, 1.82) is 0 Å². The van der Waals surface area contributed by atoms with Crippen LogP contribution in [0.15, 0.2) is 24.3 Å². The molecule has 0 saturated carbocycles. The van der Waals surface area contributed by atoms with Gasteiger partial charge in [-0.2, -0.15) is 0 Å². The van der Waals surface area contributed by atoms with E-state index in [2.05, 4.69) is 48.3 Å². The second-order valence-electron chi connectivity index (χ2n) is 6.66. The predicted molar refractivity (Wildman–Crippen MR) is 84.6 cm³/mol. The maximum absolute atomic E-state index is 6.00. The molecule has 0 spiro atoms. The molecular formula is C17H26N2O. The van der Waals surface area contributed by atoms with Crippen molar-refractivity contribution in [1.82, 2.24) is 0 Å². The number of nitrogens with zero attached hydrogens (tertiary/aromatic N) is 1. The normalized spacial score (nSPS) is 25.1. The molecule has 0 aromatic heterocycles. The Kier molecular flexibility index (Phi) is 3.88. The molecule has 1 N–H and O–H groups in total. The maximum Gasteiger partial charge on any atom is 0.0755 e. The van der Waals surface area contributed by atoms with Crippen molar-refractivity contribution in [2.24, 2.45) is 0 Å². The highest BCUT2D eigenvalue weighted by Crippen LogP contribution is 2.29. The molecule has 1 aromatic rings. The Morgan fingerprint density at radius 1 is 1.20 bits per heavy atom. The van der Waals surface area contributed by atoms with Crippen LogP contribution in [-0.4, -0.2) is 31.3 Å². The Bertz CT molecular complexity index is 435. The summed E-state index contributed by atoms with van der Waals surface area (Å²) in [5.41, 5.74) is 2.61. The first-order chi connectivity index (χ1) is 9.62. The second kappa shape index (κ2) is 5.65. The molecule has 2 aliphatic heterocycles. The Balaban J connectivity index is 1.51. The predicted octanol–water partition coefficient (Wildman–Crippen LogP) is 3.66. The van der Waals surface area contributed by atoms with Gasteiger partial charge in [0, 0.05) is 31.0 Å². The third kappa shape index (κ3) is 3.26. The third-order valence-corrected chi connectivity index (χ3v) is 4.43. The Labute approximate surface area is 122 Å². The SMILES string of the molecule is CC1(C)CCC(CNc2ccc(N3CCCC3)cc2)O1. The van der Waals surface area contributed by atoms with Crippen LogP contribution >= 0.6 is 0 Å². The number of rotatable bonds is 4. The molecule has 0 amide bonds. The van der Waals surface area contributed by atoms with Gasteiger partial charge >= 0.3 is 0 Å². The van der Waals surface area contributed by atoms with Crippen LogP contribution in [0.2, 0.25) is 0 Å². The number of nitrogens with one attached hydrogen (secondary N) is 1. The smallest absolute Gasteiger partial charge is 0.0755 e. The zero-order chi connectivity index (χ0) is 14.0. The van der Waals surface area contributed by atoms with Crippen molar-refractivity contribution in [2.75, 3.05) is 29.9 Å². The topological polar surface area (TPSA) is 24.5 Å². The minimum Gasteiger partial charge on any atom is -0.382 e. The first kappa shape index (κ1) is 13.7. The van der Waals surface area contributed by atoms with E-state index in [1.807, 2.05) is 0 Å². The molecule has 1 unspecified atom stereocenters. The molecule has 2 heterocycles. The molecular weight excluding hydrogens is 248 g/mol. The lowest BCUT2D eigenvalue weighted by Crippen LogP contribution is -2.24. The summed E-state index contributed by atoms with van der Waals surface area (Å²) in [6, 6.07) is 8.84. The molecule has 3 heteroatoms. The van der Waals surface area contributed by atoms with Gasteiger partial charge in [0.25, 0.3) is 0 Å². The molecule has 2 aliphatic rings. The quantitative estimate of drug-likeness (QED) is 0.907. The molecule has 1 atom stereocenters. The third-order valence-electron chi connectivity index (χ3n) is 4.43. The van der Waals surface area contributed by atoms with Crippen molar-refractivity contribution in [2.45, 2.75) is 51.2 Å². The molecule has 2 saturated heterocycles. The first-order valence-electron chi connectivity index (χ1n) is 7.89. The van der Waals surface area contributed by atoms with Crippen molar-refractivity contribution in [3.63, 3.8) is 0 Å². The van der Waals surface area contributed by atoms with Crippen molar-refractivity contribution in [3.8, 4) is 0 Å². The molecule has 2 fully saturated rings. The van der Waals surface area contributed by atoms with Crippen LogP contribution in [0.4, 0.5) is 11.4 Å². The standard InChI is InChI=1S/C17H26N2O/c1-17(2)10-9-16(20-17)13-18-14-5-7-15(8-6-14)19-11-3-4-12-19/h5-8,16,18H,3-4,9-13H2,1-2H3. The van der Waals surface area contributed by atoms with Gasteiger partial charge in [-0.15, -0.1) is 0 Å². The van der Waals surface area contributed by atoms with Crippen LogP contribution in [0.5, 0.6) is 0 Å². The lowest BCUT2D eigenvalue weighted by Gasteiger charge is -2.20. The second-order valence-corrected chi connectivity index (χ2v) is 6.66. The molecule has 0 radical (unpaired) electrons. The van der Waals surface area contributed by atoms with E-state index >= 15 is 0 Å². The summed E-state index contributed by atoms with van der Waals surface area (Å²) >= 11 is 0. The lowest BCUT2D eigenvalue weighted by atomic mass is 10.1. The number of ether oxygens (including phenoxy) is 1. The van der Waals surface area contributed by atoms with Gasteiger partial charge in [0.2, 0.25) is 0 Å². The van der Waals surface area contributed by atoms with E-state index in [1.165, 1.54) is 37.3 Å². The highest BCUT2D eigenvalue weighted by Gasteiger charge is 2.31. The Morgan fingerprint density at radius 2 is 1.90 bits per heavy atom. The van der Waals surface area contributed by atoms with Gasteiger partial charge in [0.1, 0.15) is 0 Å². The van der Waals surface area contributed by atoms with E-state index in [1.54, 1.807) is 0 Å². The van der Waals surface area contributed by atoms with Crippen LogP contribution in [0.3, 0.4) is 0 Å². The zero-order valence-corrected chi connectivity index (χ0v) is 12.7. The molecule has 3 rings (SSSR count). The lowest BCUT2D eigenvalue weighted by molar-refractivity contribution is -0.00910. The molecule has 0 aliphatic carbocycles. The number of anilines is 2. The molecule has 20 heavy (non-hydrogen) atoms. The van der Waals surface area contributed by atoms with Crippen LogP contribution in [0, 0.1) is 0 Å². The minimum absolute atomic E-state index is 0.0615. The summed E-state index contributed by atoms with van der Waals surface area (Å²) in [5.74, 6) is 0. The summed E-state index contributed by atoms with van der Waals surface area (Å²) in [6.07, 6.45) is 5.33. The number of hydrogen-bond donors (Lipinski definition) is 1. The Morgan fingerprint density at radius 3 is 2.50 bits per heavy atom. The van der Waals surface area contributed by atoms with Gasteiger partial charge in [-0.05, 0) is 63.8 Å². The Hall–Kier alpha value is -1.22. The molecule has 1 aromatic carbocycles. The monoisotopic (exact) mass is 274 g/mol. The van der Waals surface area contributed by atoms with Crippen LogP contribution in [-0.2, 0) is 4.74 Å². The number of hydrogen-bond acceptors (Lipinski definition) is 3. The highest BCUT2D eigenvalue weighted by atomic mass is 16.5. The van der Waals surface area contributed by atoms with Gasteiger partial charge < -0.3 is 15.0 Å². The first-order valence-corrected chi connectivity index (χ1v) is 7.89. The van der Waals surface area contributed by atoms with Gasteiger partial charge in [0.05, 0.1) is 11.7 Å². The summed E-state index contributed by atoms with van der Waals surface area (Å²) in [4.78, 5) is 2.46. The van der Waals surface area contributed by atoms with E-state index in [4.69, 9.17) is 4.74 Å². The highest BCUT2D eigenvalue weighted by molar-refractivity contribution is 5.55. The summed E-state index contributed by atoms with van der Waals surface area (Å²) in [7, 11) is 0. The van der Waals surface area contributed by atoms with Crippen LogP contribution in [0.25, 0.3) is 0 Å². The van der Waals surface area contributed by atoms with Crippen molar-refractivity contribution in [3.05, 3.63) is 24.3 Å². The largest absolute Gasteiger partial charge is 0.382 e. The van der Waals surface area contributed by atoms with E-state index < -0.39 is 0 Å². The van der Waals surface area contributed by atoms with Crippen LogP contribution < -0.4 is 10.2 Å². The zero-order valence-electron chi connectivity index (χ0n) is 12.7. The fourth-order valence-electron chi connectivity index (χ4n) is 3.22.